The van der Waals surface area contributed by atoms with E-state index in [0.717, 1.165) is 24.8 Å². The molecule has 0 atom stereocenters. The van der Waals surface area contributed by atoms with E-state index in [1.54, 1.807) is 30.3 Å². The second-order valence-electron chi connectivity index (χ2n) is 7.31. The van der Waals surface area contributed by atoms with Crippen molar-refractivity contribution in [2.75, 3.05) is 32.1 Å². The molecule has 0 unspecified atom stereocenters. The van der Waals surface area contributed by atoms with Gasteiger partial charge in [0, 0.05) is 18.8 Å². The minimum Gasteiger partial charge on any atom is -0.493 e. The molecular weight excluding hydrogens is 416 g/mol. The minimum atomic E-state index is -3.57. The van der Waals surface area contributed by atoms with Crippen molar-refractivity contribution in [3.8, 4) is 11.5 Å². The molecule has 1 fully saturated rings. The van der Waals surface area contributed by atoms with Crippen molar-refractivity contribution in [3.05, 3.63) is 60.7 Å². The van der Waals surface area contributed by atoms with Gasteiger partial charge in [0.05, 0.1) is 12.0 Å². The second-order valence-corrected chi connectivity index (χ2v) is 9.25. The number of piperidine rings is 1. The summed E-state index contributed by atoms with van der Waals surface area (Å²) in [6, 6.07) is 11.8. The SMILES string of the molecule is C=CCc1ccc(OCC(=O)Nc2cccc(S(=O)(=O)N3CCCCC3)c2)c(OC)c1. The highest BCUT2D eigenvalue weighted by molar-refractivity contribution is 7.89. The standard InChI is InChI=1S/C23H28N2O5S/c1-3-8-18-11-12-21(22(15-18)29-2)30-17-23(26)24-19-9-7-10-20(16-19)31(27,28)25-13-5-4-6-14-25/h3,7,9-12,15-16H,1,4-6,8,13-14,17H2,2H3,(H,24,26). The first-order valence-corrected chi connectivity index (χ1v) is 11.7. The van der Waals surface area contributed by atoms with Gasteiger partial charge in [0.25, 0.3) is 5.91 Å². The zero-order valence-electron chi connectivity index (χ0n) is 17.7. The van der Waals surface area contributed by atoms with Crippen molar-refractivity contribution < 1.29 is 22.7 Å². The smallest absolute Gasteiger partial charge is 0.262 e. The summed E-state index contributed by atoms with van der Waals surface area (Å²) in [5, 5.41) is 2.70. The van der Waals surface area contributed by atoms with E-state index in [4.69, 9.17) is 9.47 Å². The molecule has 1 aliphatic rings. The molecule has 0 spiro atoms. The molecule has 2 aromatic rings. The van der Waals surface area contributed by atoms with Gasteiger partial charge in [0.2, 0.25) is 10.0 Å². The van der Waals surface area contributed by atoms with Crippen molar-refractivity contribution in [2.24, 2.45) is 0 Å². The Morgan fingerprint density at radius 3 is 2.61 bits per heavy atom. The van der Waals surface area contributed by atoms with Gasteiger partial charge in [-0.2, -0.15) is 4.31 Å². The Labute approximate surface area is 183 Å². The number of benzene rings is 2. The Morgan fingerprint density at radius 2 is 1.90 bits per heavy atom. The van der Waals surface area contributed by atoms with Crippen LogP contribution in [0.5, 0.6) is 11.5 Å². The van der Waals surface area contributed by atoms with Crippen LogP contribution in [0, 0.1) is 0 Å². The molecule has 8 heteroatoms. The number of nitrogens with one attached hydrogen (secondary N) is 1. The van der Waals surface area contributed by atoms with Gasteiger partial charge in [-0.25, -0.2) is 8.42 Å². The Bertz CT molecular complexity index is 1030. The third-order valence-corrected chi connectivity index (χ3v) is 6.93. The Balaban J connectivity index is 1.64. The summed E-state index contributed by atoms with van der Waals surface area (Å²) in [7, 11) is -2.03. The van der Waals surface area contributed by atoms with Gasteiger partial charge in [0.1, 0.15) is 0 Å². The number of sulfonamides is 1. The van der Waals surface area contributed by atoms with Crippen molar-refractivity contribution in [1.82, 2.24) is 4.31 Å². The van der Waals surface area contributed by atoms with E-state index in [1.165, 1.54) is 17.5 Å². The lowest BCUT2D eigenvalue weighted by Gasteiger charge is -2.26. The van der Waals surface area contributed by atoms with Gasteiger partial charge in [-0.05, 0) is 55.2 Å². The predicted molar refractivity (Wildman–Crippen MR) is 120 cm³/mol. The van der Waals surface area contributed by atoms with Gasteiger partial charge >= 0.3 is 0 Å². The molecule has 1 aliphatic heterocycles. The molecule has 1 heterocycles. The molecule has 0 bridgehead atoms. The van der Waals surface area contributed by atoms with Gasteiger partial charge in [-0.3, -0.25) is 4.79 Å². The van der Waals surface area contributed by atoms with E-state index < -0.39 is 15.9 Å². The highest BCUT2D eigenvalue weighted by atomic mass is 32.2. The van der Waals surface area contributed by atoms with Crippen LogP contribution in [-0.4, -0.2) is 45.4 Å². The number of allylic oxidation sites excluding steroid dienone is 1. The minimum absolute atomic E-state index is 0.174. The quantitative estimate of drug-likeness (QED) is 0.597. The number of nitrogens with zero attached hydrogens (tertiary/aromatic N) is 1. The fourth-order valence-electron chi connectivity index (χ4n) is 3.45. The normalized spacial score (nSPS) is 14.6. The van der Waals surface area contributed by atoms with Crippen molar-refractivity contribution in [2.45, 2.75) is 30.6 Å². The maximum atomic E-state index is 12.8. The van der Waals surface area contributed by atoms with E-state index in [1.807, 2.05) is 12.1 Å². The lowest BCUT2D eigenvalue weighted by atomic mass is 10.1. The van der Waals surface area contributed by atoms with Crippen LogP contribution >= 0.6 is 0 Å². The maximum absolute atomic E-state index is 12.8. The van der Waals surface area contributed by atoms with Crippen LogP contribution in [0.15, 0.2) is 60.0 Å². The molecular formula is C23H28N2O5S. The highest BCUT2D eigenvalue weighted by Gasteiger charge is 2.26. The highest BCUT2D eigenvalue weighted by Crippen LogP contribution is 2.28. The first-order valence-electron chi connectivity index (χ1n) is 10.2. The number of amides is 1. The summed E-state index contributed by atoms with van der Waals surface area (Å²) in [5.41, 5.74) is 1.43. The summed E-state index contributed by atoms with van der Waals surface area (Å²) in [6.45, 7) is 4.54. The molecule has 2 aromatic carbocycles. The van der Waals surface area contributed by atoms with E-state index in [2.05, 4.69) is 11.9 Å². The van der Waals surface area contributed by atoms with E-state index in [9.17, 15) is 13.2 Å². The first kappa shape index (κ1) is 22.8. The number of rotatable bonds is 9. The average Bonchev–Trinajstić information content (AvgIpc) is 2.79. The third kappa shape index (κ3) is 5.86. The molecule has 0 radical (unpaired) electrons. The molecule has 31 heavy (non-hydrogen) atoms. The van der Waals surface area contributed by atoms with E-state index in [0.29, 0.717) is 36.7 Å². The topological polar surface area (TPSA) is 84.9 Å². The molecule has 0 saturated carbocycles. The van der Waals surface area contributed by atoms with Crippen molar-refractivity contribution in [3.63, 3.8) is 0 Å². The zero-order valence-corrected chi connectivity index (χ0v) is 18.5. The zero-order chi connectivity index (χ0) is 22.3. The summed E-state index contributed by atoms with van der Waals surface area (Å²) in [5.74, 6) is 0.582. The number of carbonyl (C=O) groups is 1. The lowest BCUT2D eigenvalue weighted by molar-refractivity contribution is -0.118. The van der Waals surface area contributed by atoms with Crippen LogP contribution in [0.25, 0.3) is 0 Å². The molecule has 3 rings (SSSR count). The van der Waals surface area contributed by atoms with Crippen LogP contribution in [0.1, 0.15) is 24.8 Å². The lowest BCUT2D eigenvalue weighted by Crippen LogP contribution is -2.35. The third-order valence-electron chi connectivity index (χ3n) is 5.04. The molecule has 166 valence electrons. The molecule has 0 aliphatic carbocycles. The van der Waals surface area contributed by atoms with E-state index in [-0.39, 0.29) is 11.5 Å². The Kier molecular flexibility index (Phi) is 7.70. The number of anilines is 1. The largest absolute Gasteiger partial charge is 0.493 e. The fourth-order valence-corrected chi connectivity index (χ4v) is 5.02. The average molecular weight is 445 g/mol. The van der Waals surface area contributed by atoms with Crippen LogP contribution < -0.4 is 14.8 Å². The van der Waals surface area contributed by atoms with Gasteiger partial charge in [-0.1, -0.05) is 24.6 Å². The molecule has 1 N–H and O–H groups in total. The predicted octanol–water partition coefficient (Wildman–Crippen LogP) is 3.62. The molecule has 1 saturated heterocycles. The summed E-state index contributed by atoms with van der Waals surface area (Å²) < 4.78 is 38.1. The van der Waals surface area contributed by atoms with Gasteiger partial charge in [0.15, 0.2) is 18.1 Å². The maximum Gasteiger partial charge on any atom is 0.262 e. The molecule has 0 aromatic heterocycles. The van der Waals surface area contributed by atoms with Gasteiger partial charge < -0.3 is 14.8 Å². The van der Waals surface area contributed by atoms with Crippen LogP contribution in [0.2, 0.25) is 0 Å². The van der Waals surface area contributed by atoms with Crippen molar-refractivity contribution in [1.29, 1.82) is 0 Å². The van der Waals surface area contributed by atoms with Crippen LogP contribution in [0.3, 0.4) is 0 Å². The molecule has 7 nitrogen and oxygen atoms in total. The van der Waals surface area contributed by atoms with Crippen molar-refractivity contribution >= 4 is 21.6 Å². The monoisotopic (exact) mass is 444 g/mol. The Morgan fingerprint density at radius 1 is 1.13 bits per heavy atom. The van der Waals surface area contributed by atoms with Crippen LogP contribution in [-0.2, 0) is 21.2 Å². The molecule has 1 amide bonds. The van der Waals surface area contributed by atoms with E-state index >= 15 is 0 Å². The number of ether oxygens (including phenoxy) is 2. The summed E-state index contributed by atoms with van der Waals surface area (Å²) in [6.07, 6.45) is 5.27. The summed E-state index contributed by atoms with van der Waals surface area (Å²) in [4.78, 5) is 12.5. The Hall–Kier alpha value is -2.84. The van der Waals surface area contributed by atoms with Gasteiger partial charge in [-0.15, -0.1) is 6.58 Å². The summed E-state index contributed by atoms with van der Waals surface area (Å²) >= 11 is 0. The van der Waals surface area contributed by atoms with Crippen LogP contribution in [0.4, 0.5) is 5.69 Å². The number of hydrogen-bond donors (Lipinski definition) is 1. The number of carbonyl (C=O) groups excluding carboxylic acids is 1. The number of hydrogen-bond acceptors (Lipinski definition) is 5. The second kappa shape index (κ2) is 10.5. The number of methoxy groups -OCH3 is 1. The fraction of sp³-hybridized carbons (Fsp3) is 0.348. The first-order chi connectivity index (χ1) is 14.9.